The summed E-state index contributed by atoms with van der Waals surface area (Å²) in [6.45, 7) is 12.2. The molecular weight excluding hydrogens is 344 g/mol. The van der Waals surface area contributed by atoms with Crippen LogP contribution in [0.1, 0.15) is 48.4 Å². The van der Waals surface area contributed by atoms with Gasteiger partial charge in [-0.1, -0.05) is 39.0 Å². The van der Waals surface area contributed by atoms with E-state index in [9.17, 15) is 9.59 Å². The summed E-state index contributed by atoms with van der Waals surface area (Å²) in [5.41, 5.74) is 0.772. The van der Waals surface area contributed by atoms with Gasteiger partial charge in [0, 0.05) is 0 Å². The van der Waals surface area contributed by atoms with Crippen LogP contribution in [0.15, 0.2) is 48.5 Å². The Morgan fingerprint density at radius 3 is 2.23 bits per heavy atom. The number of ether oxygens (including phenoxy) is 1. The number of esters is 1. The van der Waals surface area contributed by atoms with E-state index < -0.39 is 14.3 Å². The van der Waals surface area contributed by atoms with Crippen LogP contribution in [-0.2, 0) is 0 Å². The molecule has 0 bridgehead atoms. The molecule has 4 nitrogen and oxygen atoms in total. The molecule has 2 rings (SSSR count). The molecule has 0 saturated carbocycles. The highest BCUT2D eigenvalue weighted by molar-refractivity contribution is 6.74. The van der Waals surface area contributed by atoms with Gasteiger partial charge < -0.3 is 9.16 Å². The van der Waals surface area contributed by atoms with E-state index in [2.05, 4.69) is 33.9 Å². The van der Waals surface area contributed by atoms with E-state index in [0.717, 1.165) is 0 Å². The second-order valence-corrected chi connectivity index (χ2v) is 12.6. The minimum absolute atomic E-state index is 0.0595. The van der Waals surface area contributed by atoms with Crippen LogP contribution >= 0.6 is 0 Å². The van der Waals surface area contributed by atoms with Crippen LogP contribution < -0.4 is 9.16 Å². The second kappa shape index (κ2) is 7.46. The maximum absolute atomic E-state index is 12.5. The number of Topliss-reactive ketones (excluding diaryl/α,β-unsaturated/α-hetero) is 1. The Labute approximate surface area is 156 Å². The van der Waals surface area contributed by atoms with Gasteiger partial charge in [0.2, 0.25) is 8.32 Å². The molecule has 0 saturated heterocycles. The molecule has 0 N–H and O–H groups in total. The molecule has 0 unspecified atom stereocenters. The second-order valence-electron chi connectivity index (χ2n) is 7.83. The minimum Gasteiger partial charge on any atom is -0.543 e. The van der Waals surface area contributed by atoms with Crippen LogP contribution in [0.25, 0.3) is 0 Å². The standard InChI is InChI=1S/C21H26O4Si/c1-15(22)18-12-7-8-13-19(18)24-20(23)16-10-9-11-17(14-16)25-26(5,6)21(2,3)4/h7-14H,1-6H3. The van der Waals surface area contributed by atoms with Crippen molar-refractivity contribution in [2.24, 2.45) is 0 Å². The molecule has 0 aliphatic heterocycles. The summed E-state index contributed by atoms with van der Waals surface area (Å²) in [4.78, 5) is 24.2. The molecule has 5 heteroatoms. The number of para-hydroxylation sites is 1. The van der Waals surface area contributed by atoms with Gasteiger partial charge in [-0.15, -0.1) is 0 Å². The summed E-state index contributed by atoms with van der Waals surface area (Å²) in [6, 6.07) is 13.7. The summed E-state index contributed by atoms with van der Waals surface area (Å²) in [5.74, 6) is 0.259. The molecular formula is C21H26O4Si. The van der Waals surface area contributed by atoms with Gasteiger partial charge in [0.05, 0.1) is 11.1 Å². The van der Waals surface area contributed by atoms with Crippen LogP contribution in [0.5, 0.6) is 11.5 Å². The third-order valence-corrected chi connectivity index (χ3v) is 9.08. The average molecular weight is 371 g/mol. The van der Waals surface area contributed by atoms with E-state index in [1.807, 2.05) is 6.07 Å². The van der Waals surface area contributed by atoms with Crippen molar-refractivity contribution in [2.75, 3.05) is 0 Å². The highest BCUT2D eigenvalue weighted by Gasteiger charge is 2.39. The Bertz CT molecular complexity index is 819. The molecule has 2 aromatic rings. The lowest BCUT2D eigenvalue weighted by Gasteiger charge is -2.36. The first-order valence-corrected chi connectivity index (χ1v) is 11.5. The first kappa shape index (κ1) is 19.9. The third kappa shape index (κ3) is 4.61. The van der Waals surface area contributed by atoms with Gasteiger partial charge >= 0.3 is 5.97 Å². The van der Waals surface area contributed by atoms with E-state index in [1.54, 1.807) is 42.5 Å². The number of carbonyl (C=O) groups excluding carboxylic acids is 2. The Morgan fingerprint density at radius 1 is 0.962 bits per heavy atom. The fraction of sp³-hybridized carbons (Fsp3) is 0.333. The number of carbonyl (C=O) groups is 2. The summed E-state index contributed by atoms with van der Waals surface area (Å²) in [7, 11) is -2.00. The fourth-order valence-electron chi connectivity index (χ4n) is 2.14. The van der Waals surface area contributed by atoms with Crippen molar-refractivity contribution < 1.29 is 18.8 Å². The van der Waals surface area contributed by atoms with Crippen molar-refractivity contribution in [2.45, 2.75) is 45.8 Å². The van der Waals surface area contributed by atoms with Crippen molar-refractivity contribution in [1.82, 2.24) is 0 Å². The van der Waals surface area contributed by atoms with Gasteiger partial charge in [-0.2, -0.15) is 0 Å². The minimum atomic E-state index is -2.00. The Kier molecular flexibility index (Phi) is 5.71. The zero-order valence-electron chi connectivity index (χ0n) is 16.3. The number of ketones is 1. The van der Waals surface area contributed by atoms with Crippen LogP contribution in [-0.4, -0.2) is 20.1 Å². The maximum atomic E-state index is 12.5. The molecule has 0 atom stereocenters. The Balaban J connectivity index is 2.23. The average Bonchev–Trinajstić information content (AvgIpc) is 2.54. The summed E-state index contributed by atoms with van der Waals surface area (Å²) >= 11 is 0. The van der Waals surface area contributed by atoms with Crippen LogP contribution in [0.4, 0.5) is 0 Å². The molecule has 0 heterocycles. The van der Waals surface area contributed by atoms with E-state index in [0.29, 0.717) is 16.9 Å². The molecule has 0 spiro atoms. The first-order valence-electron chi connectivity index (χ1n) is 8.62. The molecule has 2 aromatic carbocycles. The molecule has 0 aliphatic carbocycles. The molecule has 0 amide bonds. The molecule has 138 valence electrons. The van der Waals surface area contributed by atoms with Gasteiger partial charge in [0.25, 0.3) is 0 Å². The van der Waals surface area contributed by atoms with Crippen molar-refractivity contribution in [3.63, 3.8) is 0 Å². The normalized spacial score (nSPS) is 11.8. The lowest BCUT2D eigenvalue weighted by molar-refractivity contribution is 0.0732. The van der Waals surface area contributed by atoms with Gasteiger partial charge in [0.15, 0.2) is 5.78 Å². The van der Waals surface area contributed by atoms with E-state index in [-0.39, 0.29) is 16.6 Å². The highest BCUT2D eigenvalue weighted by Crippen LogP contribution is 2.37. The van der Waals surface area contributed by atoms with Crippen molar-refractivity contribution in [3.05, 3.63) is 59.7 Å². The largest absolute Gasteiger partial charge is 0.543 e. The summed E-state index contributed by atoms with van der Waals surface area (Å²) in [6.07, 6.45) is 0. The number of hydrogen-bond donors (Lipinski definition) is 0. The number of rotatable bonds is 5. The van der Waals surface area contributed by atoms with Crippen LogP contribution in [0.3, 0.4) is 0 Å². The van der Waals surface area contributed by atoms with E-state index in [4.69, 9.17) is 9.16 Å². The van der Waals surface area contributed by atoms with Gasteiger partial charge in [-0.25, -0.2) is 4.79 Å². The molecule has 0 fully saturated rings. The maximum Gasteiger partial charge on any atom is 0.343 e. The summed E-state index contributed by atoms with van der Waals surface area (Å²) in [5, 5.41) is 0.0595. The Morgan fingerprint density at radius 2 is 1.62 bits per heavy atom. The predicted molar refractivity (Wildman–Crippen MR) is 106 cm³/mol. The topological polar surface area (TPSA) is 52.6 Å². The van der Waals surface area contributed by atoms with Gasteiger partial charge in [-0.3, -0.25) is 4.79 Å². The first-order chi connectivity index (χ1) is 12.0. The van der Waals surface area contributed by atoms with Crippen molar-refractivity contribution in [3.8, 4) is 11.5 Å². The van der Waals surface area contributed by atoms with Gasteiger partial charge in [0.1, 0.15) is 11.5 Å². The third-order valence-electron chi connectivity index (χ3n) is 4.72. The number of benzene rings is 2. The molecule has 0 aromatic heterocycles. The Hall–Kier alpha value is -2.40. The number of hydrogen-bond acceptors (Lipinski definition) is 4. The lowest BCUT2D eigenvalue weighted by Crippen LogP contribution is -2.43. The summed E-state index contributed by atoms with van der Waals surface area (Å²) < 4.78 is 11.7. The highest BCUT2D eigenvalue weighted by atomic mass is 28.4. The molecule has 26 heavy (non-hydrogen) atoms. The zero-order chi connectivity index (χ0) is 19.5. The smallest absolute Gasteiger partial charge is 0.343 e. The van der Waals surface area contributed by atoms with Crippen LogP contribution in [0, 0.1) is 0 Å². The molecule has 0 aliphatic rings. The van der Waals surface area contributed by atoms with Gasteiger partial charge in [-0.05, 0) is 55.4 Å². The van der Waals surface area contributed by atoms with Crippen molar-refractivity contribution >= 4 is 20.1 Å². The fourth-order valence-corrected chi connectivity index (χ4v) is 3.16. The predicted octanol–water partition coefficient (Wildman–Crippen LogP) is 5.49. The van der Waals surface area contributed by atoms with E-state index in [1.165, 1.54) is 6.92 Å². The lowest BCUT2D eigenvalue weighted by atomic mass is 10.1. The van der Waals surface area contributed by atoms with Crippen molar-refractivity contribution in [1.29, 1.82) is 0 Å². The van der Waals surface area contributed by atoms with E-state index >= 15 is 0 Å². The quantitative estimate of drug-likeness (QED) is 0.302. The SMILES string of the molecule is CC(=O)c1ccccc1OC(=O)c1cccc(O[Si](C)(C)C(C)(C)C)c1. The van der Waals surface area contributed by atoms with Crippen LogP contribution in [0.2, 0.25) is 18.1 Å². The molecule has 0 radical (unpaired) electrons. The zero-order valence-corrected chi connectivity index (χ0v) is 17.3. The monoisotopic (exact) mass is 370 g/mol.